The molecule has 1 heterocycles. The molecule has 0 aliphatic rings. The molecule has 0 spiro atoms. The summed E-state index contributed by atoms with van der Waals surface area (Å²) in [5.74, 6) is -0.908. The zero-order valence-electron chi connectivity index (χ0n) is 9.77. The monoisotopic (exact) mass is 245 g/mol. The molecule has 0 radical (unpaired) electrons. The Balaban J connectivity index is 2.30. The van der Waals surface area contributed by atoms with E-state index < -0.39 is 11.7 Å². The Labute approximate surface area is 104 Å². The molecule has 2 rings (SSSR count). The summed E-state index contributed by atoms with van der Waals surface area (Å²) in [7, 11) is 0. The molecule has 0 atom stereocenters. The number of nitrogens with zero attached hydrogens (tertiary/aromatic N) is 1. The van der Waals surface area contributed by atoms with Gasteiger partial charge in [0, 0.05) is 23.6 Å². The molecule has 92 valence electrons. The molecular formula is C13H12FN3O. The van der Waals surface area contributed by atoms with Crippen LogP contribution in [0, 0.1) is 12.7 Å². The van der Waals surface area contributed by atoms with Crippen molar-refractivity contribution in [1.29, 1.82) is 0 Å². The van der Waals surface area contributed by atoms with Gasteiger partial charge in [0.1, 0.15) is 5.82 Å². The molecule has 0 aliphatic carbocycles. The lowest BCUT2D eigenvalue weighted by atomic mass is 10.1. The second-order valence-corrected chi connectivity index (χ2v) is 3.83. The molecule has 1 aromatic carbocycles. The number of rotatable bonds is 2. The summed E-state index contributed by atoms with van der Waals surface area (Å²) >= 11 is 0. The molecule has 0 saturated carbocycles. The van der Waals surface area contributed by atoms with Crippen LogP contribution in [0.3, 0.4) is 0 Å². The van der Waals surface area contributed by atoms with Crippen LogP contribution >= 0.6 is 0 Å². The maximum Gasteiger partial charge on any atom is 0.255 e. The predicted molar refractivity (Wildman–Crippen MR) is 67.7 cm³/mol. The minimum absolute atomic E-state index is 0.108. The van der Waals surface area contributed by atoms with Crippen LogP contribution in [0.4, 0.5) is 15.8 Å². The standard InChI is InChI=1S/C13H12FN3O/c1-8-11(15)3-2-10(14)12(8)17-13(18)9-4-6-16-7-5-9/h2-7H,15H2,1H3,(H,17,18). The summed E-state index contributed by atoms with van der Waals surface area (Å²) in [6.07, 6.45) is 3.00. The predicted octanol–water partition coefficient (Wildman–Crippen LogP) is 2.36. The number of nitrogens with one attached hydrogen (secondary N) is 1. The molecule has 1 aromatic heterocycles. The highest BCUT2D eigenvalue weighted by Gasteiger charge is 2.12. The fraction of sp³-hybridized carbons (Fsp3) is 0.0769. The molecule has 18 heavy (non-hydrogen) atoms. The number of benzene rings is 1. The fourth-order valence-electron chi connectivity index (χ4n) is 1.54. The van der Waals surface area contributed by atoms with E-state index in [1.54, 1.807) is 19.1 Å². The smallest absolute Gasteiger partial charge is 0.255 e. The molecule has 0 aliphatic heterocycles. The molecule has 0 bridgehead atoms. The van der Waals surface area contributed by atoms with E-state index in [4.69, 9.17) is 5.73 Å². The number of pyridine rings is 1. The molecule has 3 N–H and O–H groups in total. The first-order valence-corrected chi connectivity index (χ1v) is 5.35. The highest BCUT2D eigenvalue weighted by molar-refractivity contribution is 6.04. The Morgan fingerprint density at radius 2 is 1.94 bits per heavy atom. The molecule has 1 amide bonds. The molecule has 0 unspecified atom stereocenters. The second kappa shape index (κ2) is 4.83. The van der Waals surface area contributed by atoms with E-state index in [9.17, 15) is 9.18 Å². The van der Waals surface area contributed by atoms with Crippen LogP contribution in [0.5, 0.6) is 0 Å². The van der Waals surface area contributed by atoms with Gasteiger partial charge in [-0.05, 0) is 36.8 Å². The van der Waals surface area contributed by atoms with Gasteiger partial charge in [0.25, 0.3) is 5.91 Å². The Morgan fingerprint density at radius 3 is 2.61 bits per heavy atom. The van der Waals surface area contributed by atoms with Gasteiger partial charge in [0.2, 0.25) is 0 Å². The lowest BCUT2D eigenvalue weighted by Crippen LogP contribution is -2.14. The zero-order valence-corrected chi connectivity index (χ0v) is 9.77. The van der Waals surface area contributed by atoms with Gasteiger partial charge in [-0.1, -0.05) is 0 Å². The van der Waals surface area contributed by atoms with E-state index >= 15 is 0 Å². The highest BCUT2D eigenvalue weighted by atomic mass is 19.1. The molecule has 2 aromatic rings. The zero-order chi connectivity index (χ0) is 13.1. The number of halogens is 1. The number of amides is 1. The number of nitrogen functional groups attached to an aromatic ring is 1. The Bertz CT molecular complexity index is 584. The highest BCUT2D eigenvalue weighted by Crippen LogP contribution is 2.24. The summed E-state index contributed by atoms with van der Waals surface area (Å²) in [6, 6.07) is 5.79. The van der Waals surface area contributed by atoms with E-state index in [-0.39, 0.29) is 5.69 Å². The van der Waals surface area contributed by atoms with Crippen LogP contribution in [0.1, 0.15) is 15.9 Å². The quantitative estimate of drug-likeness (QED) is 0.798. The minimum atomic E-state index is -0.510. The van der Waals surface area contributed by atoms with Crippen molar-refractivity contribution in [1.82, 2.24) is 4.98 Å². The van der Waals surface area contributed by atoms with Crippen molar-refractivity contribution < 1.29 is 9.18 Å². The fourth-order valence-corrected chi connectivity index (χ4v) is 1.54. The number of hydrogen-bond donors (Lipinski definition) is 2. The van der Waals surface area contributed by atoms with Crippen molar-refractivity contribution in [3.63, 3.8) is 0 Å². The molecule has 0 fully saturated rings. The number of anilines is 2. The van der Waals surface area contributed by atoms with Gasteiger partial charge in [-0.25, -0.2) is 4.39 Å². The summed E-state index contributed by atoms with van der Waals surface area (Å²) in [5, 5.41) is 2.51. The number of carbonyl (C=O) groups excluding carboxylic acids is 1. The minimum Gasteiger partial charge on any atom is -0.398 e. The van der Waals surface area contributed by atoms with Crippen molar-refractivity contribution in [3.8, 4) is 0 Å². The molecule has 5 heteroatoms. The first-order valence-electron chi connectivity index (χ1n) is 5.35. The van der Waals surface area contributed by atoms with E-state index in [1.807, 2.05) is 0 Å². The summed E-state index contributed by atoms with van der Waals surface area (Å²) in [4.78, 5) is 15.7. The number of aromatic nitrogens is 1. The third kappa shape index (κ3) is 2.29. The van der Waals surface area contributed by atoms with Gasteiger partial charge in [0.05, 0.1) is 5.69 Å². The van der Waals surface area contributed by atoms with Crippen LogP contribution in [0.25, 0.3) is 0 Å². The van der Waals surface area contributed by atoms with Crippen molar-refractivity contribution in [2.75, 3.05) is 11.1 Å². The SMILES string of the molecule is Cc1c(N)ccc(F)c1NC(=O)c1ccncc1. The first-order chi connectivity index (χ1) is 8.59. The maximum absolute atomic E-state index is 13.6. The average molecular weight is 245 g/mol. The van der Waals surface area contributed by atoms with Crippen LogP contribution in [0.15, 0.2) is 36.7 Å². The summed E-state index contributed by atoms with van der Waals surface area (Å²) in [6.45, 7) is 1.65. The van der Waals surface area contributed by atoms with Crippen molar-refractivity contribution in [3.05, 3.63) is 53.6 Å². The van der Waals surface area contributed by atoms with Crippen LogP contribution < -0.4 is 11.1 Å². The van der Waals surface area contributed by atoms with Crippen molar-refractivity contribution in [2.45, 2.75) is 6.92 Å². The van der Waals surface area contributed by atoms with Gasteiger partial charge in [-0.2, -0.15) is 0 Å². The van der Waals surface area contributed by atoms with E-state index in [1.165, 1.54) is 24.5 Å². The van der Waals surface area contributed by atoms with Gasteiger partial charge < -0.3 is 11.1 Å². The second-order valence-electron chi connectivity index (χ2n) is 3.83. The maximum atomic E-state index is 13.6. The van der Waals surface area contributed by atoms with Crippen molar-refractivity contribution in [2.24, 2.45) is 0 Å². The average Bonchev–Trinajstić information content (AvgIpc) is 2.40. The lowest BCUT2D eigenvalue weighted by Gasteiger charge is -2.11. The molecule has 4 nitrogen and oxygen atoms in total. The third-order valence-corrected chi connectivity index (χ3v) is 2.64. The topological polar surface area (TPSA) is 68.0 Å². The van der Waals surface area contributed by atoms with Crippen LogP contribution in [-0.2, 0) is 0 Å². The lowest BCUT2D eigenvalue weighted by molar-refractivity contribution is 0.102. The molecular weight excluding hydrogens is 233 g/mol. The van der Waals surface area contributed by atoms with Gasteiger partial charge in [-0.3, -0.25) is 9.78 Å². The summed E-state index contributed by atoms with van der Waals surface area (Å²) < 4.78 is 13.6. The van der Waals surface area contributed by atoms with Crippen LogP contribution in [-0.4, -0.2) is 10.9 Å². The van der Waals surface area contributed by atoms with Crippen molar-refractivity contribution >= 4 is 17.3 Å². The van der Waals surface area contributed by atoms with Crippen LogP contribution in [0.2, 0.25) is 0 Å². The van der Waals surface area contributed by atoms with Gasteiger partial charge >= 0.3 is 0 Å². The Hall–Kier alpha value is -2.43. The Morgan fingerprint density at radius 1 is 1.28 bits per heavy atom. The Kier molecular flexibility index (Phi) is 3.23. The number of hydrogen-bond acceptors (Lipinski definition) is 3. The summed E-state index contributed by atoms with van der Waals surface area (Å²) in [5.41, 5.74) is 7.14. The number of carbonyl (C=O) groups is 1. The van der Waals surface area contributed by atoms with E-state index in [2.05, 4.69) is 10.3 Å². The number of nitrogens with two attached hydrogens (primary N) is 1. The largest absolute Gasteiger partial charge is 0.398 e. The van der Waals surface area contributed by atoms with E-state index in [0.29, 0.717) is 16.8 Å². The van der Waals surface area contributed by atoms with Gasteiger partial charge in [0.15, 0.2) is 0 Å². The molecule has 0 saturated heterocycles. The third-order valence-electron chi connectivity index (χ3n) is 2.64. The first kappa shape index (κ1) is 12.0. The van der Waals surface area contributed by atoms with E-state index in [0.717, 1.165) is 0 Å². The van der Waals surface area contributed by atoms with Gasteiger partial charge in [-0.15, -0.1) is 0 Å². The normalized spacial score (nSPS) is 10.1.